The van der Waals surface area contributed by atoms with Gasteiger partial charge in [-0.3, -0.25) is 0 Å². The Bertz CT molecular complexity index is 80.5. The van der Waals surface area contributed by atoms with Gasteiger partial charge in [0.1, 0.15) is 0 Å². The van der Waals surface area contributed by atoms with E-state index in [1.807, 2.05) is 0 Å². The van der Waals surface area contributed by atoms with Crippen LogP contribution in [0.5, 0.6) is 0 Å². The first kappa shape index (κ1) is 8.28. The standard InChI is InChI=1S/C5H7Cl2O/c1-2-8-4-5(7)3-6/h3H,1-2,4H2/b5-3-. The maximum Gasteiger partial charge on any atom is 0.0831 e. The van der Waals surface area contributed by atoms with E-state index in [1.165, 1.54) is 5.54 Å². The van der Waals surface area contributed by atoms with Crippen LogP contribution in [0.1, 0.15) is 0 Å². The van der Waals surface area contributed by atoms with Crippen LogP contribution in [0.4, 0.5) is 0 Å². The van der Waals surface area contributed by atoms with E-state index >= 15 is 0 Å². The molecule has 47 valence electrons. The molecule has 0 unspecified atom stereocenters. The van der Waals surface area contributed by atoms with Crippen LogP contribution < -0.4 is 0 Å². The Morgan fingerprint density at radius 2 is 2.38 bits per heavy atom. The Labute approximate surface area is 59.2 Å². The second-order valence-corrected chi connectivity index (χ2v) is 1.81. The fourth-order valence-electron chi connectivity index (χ4n) is 0.201. The molecule has 0 amide bonds. The molecule has 3 heteroatoms. The lowest BCUT2D eigenvalue weighted by Gasteiger charge is -1.94. The zero-order valence-electron chi connectivity index (χ0n) is 4.36. The minimum atomic E-state index is 0.356. The van der Waals surface area contributed by atoms with Crippen LogP contribution in [0.2, 0.25) is 0 Å². The van der Waals surface area contributed by atoms with Crippen molar-refractivity contribution in [3.8, 4) is 0 Å². The highest BCUT2D eigenvalue weighted by atomic mass is 35.5. The van der Waals surface area contributed by atoms with E-state index in [-0.39, 0.29) is 0 Å². The van der Waals surface area contributed by atoms with Gasteiger partial charge in [0.15, 0.2) is 0 Å². The normalized spacial score (nSPS) is 12.1. The highest BCUT2D eigenvalue weighted by Gasteiger charge is 1.86. The van der Waals surface area contributed by atoms with E-state index in [4.69, 9.17) is 27.9 Å². The quantitative estimate of drug-likeness (QED) is 0.605. The molecular formula is C5H7Cl2O. The van der Waals surface area contributed by atoms with Gasteiger partial charge in [-0.2, -0.15) is 0 Å². The van der Waals surface area contributed by atoms with Crippen molar-refractivity contribution in [3.63, 3.8) is 0 Å². The number of rotatable bonds is 3. The largest absolute Gasteiger partial charge is 0.376 e. The summed E-state index contributed by atoms with van der Waals surface area (Å²) in [7, 11) is 0. The third-order valence-corrected chi connectivity index (χ3v) is 1.10. The summed E-state index contributed by atoms with van der Waals surface area (Å²) in [5.74, 6) is 0. The molecule has 0 aliphatic rings. The van der Waals surface area contributed by atoms with Gasteiger partial charge in [-0.15, -0.1) is 0 Å². The predicted octanol–water partition coefficient (Wildman–Crippen LogP) is 2.16. The van der Waals surface area contributed by atoms with Gasteiger partial charge in [-0.1, -0.05) is 23.2 Å². The molecule has 0 aromatic rings. The Morgan fingerprint density at radius 1 is 1.75 bits per heavy atom. The predicted molar refractivity (Wildman–Crippen MR) is 36.0 cm³/mol. The summed E-state index contributed by atoms with van der Waals surface area (Å²) < 4.78 is 4.79. The molecule has 1 nitrogen and oxygen atoms in total. The zero-order chi connectivity index (χ0) is 6.41. The molecule has 0 aromatic carbocycles. The van der Waals surface area contributed by atoms with Crippen LogP contribution in [0.15, 0.2) is 10.6 Å². The van der Waals surface area contributed by atoms with Crippen molar-refractivity contribution in [2.45, 2.75) is 0 Å². The van der Waals surface area contributed by atoms with E-state index in [2.05, 4.69) is 6.92 Å². The number of halogens is 2. The topological polar surface area (TPSA) is 9.23 Å². The first-order valence-electron chi connectivity index (χ1n) is 2.13. The molecular weight excluding hydrogens is 147 g/mol. The van der Waals surface area contributed by atoms with E-state index in [0.29, 0.717) is 18.2 Å². The van der Waals surface area contributed by atoms with Crippen molar-refractivity contribution < 1.29 is 4.74 Å². The van der Waals surface area contributed by atoms with Gasteiger partial charge in [-0.05, 0) is 6.92 Å². The lowest BCUT2D eigenvalue weighted by molar-refractivity contribution is 0.190. The van der Waals surface area contributed by atoms with E-state index in [9.17, 15) is 0 Å². The molecule has 8 heavy (non-hydrogen) atoms. The van der Waals surface area contributed by atoms with E-state index < -0.39 is 0 Å². The molecule has 0 aliphatic heterocycles. The van der Waals surface area contributed by atoms with Crippen LogP contribution in [0, 0.1) is 6.92 Å². The monoisotopic (exact) mass is 153 g/mol. The fourth-order valence-corrected chi connectivity index (χ4v) is 0.341. The molecule has 0 heterocycles. The summed E-state index contributed by atoms with van der Waals surface area (Å²) in [6, 6.07) is 0. The highest BCUT2D eigenvalue weighted by molar-refractivity contribution is 6.36. The average Bonchev–Trinajstić information content (AvgIpc) is 1.83. The molecule has 0 rings (SSSR count). The smallest absolute Gasteiger partial charge is 0.0831 e. The molecule has 0 spiro atoms. The number of hydrogen-bond acceptors (Lipinski definition) is 1. The molecule has 1 radical (unpaired) electrons. The van der Waals surface area contributed by atoms with Crippen molar-refractivity contribution in [1.82, 2.24) is 0 Å². The molecule has 0 aliphatic carbocycles. The highest BCUT2D eigenvalue weighted by Crippen LogP contribution is 2.02. The summed E-state index contributed by atoms with van der Waals surface area (Å²) in [5.41, 5.74) is 1.28. The van der Waals surface area contributed by atoms with E-state index in [0.717, 1.165) is 0 Å². The van der Waals surface area contributed by atoms with Crippen molar-refractivity contribution in [2.75, 3.05) is 13.2 Å². The Balaban J connectivity index is 3.12. The molecule has 0 saturated carbocycles. The third kappa shape index (κ3) is 4.44. The van der Waals surface area contributed by atoms with Crippen molar-refractivity contribution in [3.05, 3.63) is 17.5 Å². The molecule has 0 saturated heterocycles. The summed E-state index contributed by atoms with van der Waals surface area (Å²) >= 11 is 10.6. The SMILES string of the molecule is [CH2]COC/C(Cl)=C/Cl. The minimum Gasteiger partial charge on any atom is -0.376 e. The van der Waals surface area contributed by atoms with Crippen LogP contribution >= 0.6 is 23.2 Å². The molecule has 0 aromatic heterocycles. The molecule has 0 bridgehead atoms. The summed E-state index contributed by atoms with van der Waals surface area (Å²) in [6.45, 7) is 4.21. The summed E-state index contributed by atoms with van der Waals surface area (Å²) in [6.07, 6.45) is 0. The second-order valence-electron chi connectivity index (χ2n) is 1.11. The molecule has 0 N–H and O–H groups in total. The minimum absolute atomic E-state index is 0.356. The van der Waals surface area contributed by atoms with Crippen molar-refractivity contribution in [1.29, 1.82) is 0 Å². The lowest BCUT2D eigenvalue weighted by Crippen LogP contribution is -1.91. The third-order valence-electron chi connectivity index (χ3n) is 0.503. The number of ether oxygens (including phenoxy) is 1. The van der Waals surface area contributed by atoms with E-state index in [1.54, 1.807) is 0 Å². The first-order chi connectivity index (χ1) is 3.81. The zero-order valence-corrected chi connectivity index (χ0v) is 5.87. The molecule has 0 fully saturated rings. The summed E-state index contributed by atoms with van der Waals surface area (Å²) in [5, 5.41) is 0.496. The van der Waals surface area contributed by atoms with Gasteiger partial charge in [0.2, 0.25) is 0 Å². The van der Waals surface area contributed by atoms with Crippen LogP contribution in [0.3, 0.4) is 0 Å². The second kappa shape index (κ2) is 5.42. The Hall–Kier alpha value is 0.280. The maximum atomic E-state index is 5.42. The Kier molecular flexibility index (Phi) is 5.61. The number of hydrogen-bond donors (Lipinski definition) is 0. The van der Waals surface area contributed by atoms with Crippen molar-refractivity contribution in [2.24, 2.45) is 0 Å². The summed E-state index contributed by atoms with van der Waals surface area (Å²) in [4.78, 5) is 0. The maximum absolute atomic E-state index is 5.42. The van der Waals surface area contributed by atoms with Crippen molar-refractivity contribution >= 4 is 23.2 Å². The Morgan fingerprint density at radius 3 is 2.75 bits per heavy atom. The van der Waals surface area contributed by atoms with Crippen LogP contribution in [0.25, 0.3) is 0 Å². The van der Waals surface area contributed by atoms with Gasteiger partial charge in [0.05, 0.1) is 11.6 Å². The molecule has 0 atom stereocenters. The first-order valence-corrected chi connectivity index (χ1v) is 2.94. The van der Waals surface area contributed by atoms with Crippen LogP contribution in [-0.2, 0) is 4.74 Å². The van der Waals surface area contributed by atoms with Gasteiger partial charge in [-0.25, -0.2) is 0 Å². The average molecular weight is 154 g/mol. The van der Waals surface area contributed by atoms with Crippen LogP contribution in [-0.4, -0.2) is 13.2 Å². The van der Waals surface area contributed by atoms with Gasteiger partial charge < -0.3 is 4.74 Å². The van der Waals surface area contributed by atoms with Gasteiger partial charge >= 0.3 is 0 Å². The van der Waals surface area contributed by atoms with Gasteiger partial charge in [0, 0.05) is 12.1 Å². The lowest BCUT2D eigenvalue weighted by atomic mass is 10.7. The van der Waals surface area contributed by atoms with Gasteiger partial charge in [0.25, 0.3) is 0 Å². The fraction of sp³-hybridized carbons (Fsp3) is 0.400.